The van der Waals surface area contributed by atoms with Crippen molar-refractivity contribution in [2.24, 2.45) is 0 Å². The van der Waals surface area contributed by atoms with Crippen molar-refractivity contribution >= 4 is 24.7 Å². The van der Waals surface area contributed by atoms with Gasteiger partial charge in [-0.05, 0) is 10.4 Å². The van der Waals surface area contributed by atoms with Crippen molar-refractivity contribution in [1.82, 2.24) is 0 Å². The van der Waals surface area contributed by atoms with Crippen LogP contribution in [-0.2, 0) is 9.53 Å². The van der Waals surface area contributed by atoms with Crippen LogP contribution in [0.1, 0.15) is 6.92 Å². The van der Waals surface area contributed by atoms with E-state index >= 15 is 0 Å². The summed E-state index contributed by atoms with van der Waals surface area (Å²) in [4.78, 5) is 22.1. The van der Waals surface area contributed by atoms with Crippen molar-refractivity contribution in [2.45, 2.75) is 13.0 Å². The molecular weight excluding hydrogens is 268 g/mol. The molecule has 0 amide bonds. The summed E-state index contributed by atoms with van der Waals surface area (Å²) in [6.45, 7) is 1.62. The second-order valence-corrected chi connectivity index (χ2v) is 8.06. The first-order valence-electron chi connectivity index (χ1n) is 6.60. The molecule has 2 aromatic rings. The first kappa shape index (κ1) is 14.5. The highest BCUT2D eigenvalue weighted by Gasteiger charge is 2.35. The molecule has 0 aliphatic carbocycles. The van der Waals surface area contributed by atoms with Gasteiger partial charge >= 0.3 is 5.97 Å². The van der Waals surface area contributed by atoms with E-state index in [2.05, 4.69) is 0 Å². The largest absolute Gasteiger partial charge is 0.466 e. The second-order valence-electron chi connectivity index (χ2n) is 4.68. The van der Waals surface area contributed by atoms with Gasteiger partial charge in [0.2, 0.25) is 0 Å². The topological polar surface area (TPSA) is 46.5 Å². The summed E-state index contributed by atoms with van der Waals surface area (Å²) in [5.41, 5.74) is 0. The Morgan fingerprint density at radius 1 is 1.00 bits per heavy atom. The first-order valence-corrected chi connectivity index (χ1v) is 8.75. The zero-order valence-electron chi connectivity index (χ0n) is 11.5. The quantitative estimate of drug-likeness (QED) is 0.666. The van der Waals surface area contributed by atoms with Crippen LogP contribution >= 0.6 is 0 Å². The van der Waals surface area contributed by atoms with Gasteiger partial charge < -0.3 is 9.53 Å². The number of carbonyl (C=O) groups is 1. The molecule has 1 N–H and O–H groups in total. The molecule has 0 fully saturated rings. The van der Waals surface area contributed by atoms with Gasteiger partial charge in [-0.25, -0.2) is 0 Å². The van der Waals surface area contributed by atoms with Gasteiger partial charge in [-0.2, -0.15) is 0 Å². The van der Waals surface area contributed by atoms with Crippen molar-refractivity contribution in [3.05, 3.63) is 60.7 Å². The third-order valence-electron chi connectivity index (χ3n) is 3.27. The van der Waals surface area contributed by atoms with E-state index in [-0.39, 0.29) is 12.6 Å². The maximum absolute atomic E-state index is 11.2. The molecule has 0 spiro atoms. The van der Waals surface area contributed by atoms with Gasteiger partial charge in [-0.1, -0.05) is 60.7 Å². The van der Waals surface area contributed by atoms with E-state index < -0.39 is 8.32 Å². The summed E-state index contributed by atoms with van der Waals surface area (Å²) in [5, 5.41) is 1.86. The average Bonchev–Trinajstić information content (AvgIpc) is 2.48. The Morgan fingerprint density at radius 3 is 1.85 bits per heavy atom. The fraction of sp³-hybridized carbons (Fsp3) is 0.188. The average molecular weight is 286 g/mol. The molecule has 0 aliphatic rings. The van der Waals surface area contributed by atoms with Crippen LogP contribution in [0.5, 0.6) is 0 Å². The zero-order chi connectivity index (χ0) is 14.4. The molecule has 3 nitrogen and oxygen atoms in total. The number of rotatable bonds is 5. The third-order valence-corrected chi connectivity index (χ3v) is 6.78. The van der Waals surface area contributed by atoms with Crippen molar-refractivity contribution in [3.63, 3.8) is 0 Å². The van der Waals surface area contributed by atoms with Gasteiger partial charge in [0.05, 0.1) is 6.61 Å². The highest BCUT2D eigenvalue weighted by atomic mass is 28.4. The van der Waals surface area contributed by atoms with E-state index in [0.717, 1.165) is 10.4 Å². The van der Waals surface area contributed by atoms with Gasteiger partial charge in [0.25, 0.3) is 8.32 Å². The van der Waals surface area contributed by atoms with Crippen molar-refractivity contribution in [1.29, 1.82) is 0 Å². The molecular formula is C16H18O3Si. The predicted molar refractivity (Wildman–Crippen MR) is 81.6 cm³/mol. The summed E-state index contributed by atoms with van der Waals surface area (Å²) < 4.78 is 5.02. The van der Waals surface area contributed by atoms with Crippen LogP contribution in [0.4, 0.5) is 0 Å². The monoisotopic (exact) mass is 286 g/mol. The number of esters is 1. The second kappa shape index (κ2) is 6.50. The predicted octanol–water partition coefficient (Wildman–Crippen LogP) is 1.30. The lowest BCUT2D eigenvalue weighted by Gasteiger charge is -2.26. The van der Waals surface area contributed by atoms with Crippen LogP contribution in [0.25, 0.3) is 0 Å². The molecule has 0 heterocycles. The molecule has 0 radical (unpaired) electrons. The van der Waals surface area contributed by atoms with E-state index in [1.54, 1.807) is 0 Å². The normalized spacial score (nSPS) is 11.1. The summed E-state index contributed by atoms with van der Waals surface area (Å²) in [6, 6.07) is 19.7. The van der Waals surface area contributed by atoms with Crippen molar-refractivity contribution < 1.29 is 14.3 Å². The summed E-state index contributed by atoms with van der Waals surface area (Å²) in [5.74, 6) is -0.317. The first-order chi connectivity index (χ1) is 9.63. The van der Waals surface area contributed by atoms with Crippen LogP contribution in [0.3, 0.4) is 0 Å². The molecule has 104 valence electrons. The number of benzene rings is 2. The zero-order valence-corrected chi connectivity index (χ0v) is 12.5. The van der Waals surface area contributed by atoms with Gasteiger partial charge in [0.15, 0.2) is 0 Å². The number of hydrogen-bond donors (Lipinski definition) is 1. The maximum atomic E-state index is 11.2. The summed E-state index contributed by atoms with van der Waals surface area (Å²) in [7, 11) is -2.85. The standard InChI is InChI=1S/C16H18O3Si/c1-14(17)19-12-13-20(18,15-8-4-2-5-9-15)16-10-6-3-7-11-16/h2-11,18H,12-13H2,1H3. The van der Waals surface area contributed by atoms with Crippen LogP contribution < -0.4 is 10.4 Å². The lowest BCUT2D eigenvalue weighted by Crippen LogP contribution is -2.59. The molecule has 20 heavy (non-hydrogen) atoms. The Hall–Kier alpha value is -1.91. The number of hydrogen-bond acceptors (Lipinski definition) is 3. The van der Waals surface area contributed by atoms with E-state index in [0.29, 0.717) is 6.04 Å². The molecule has 0 unspecified atom stereocenters. The van der Waals surface area contributed by atoms with Crippen LogP contribution in [0.2, 0.25) is 6.04 Å². The van der Waals surface area contributed by atoms with Gasteiger partial charge in [-0.15, -0.1) is 0 Å². The molecule has 0 saturated heterocycles. The minimum Gasteiger partial charge on any atom is -0.466 e. The molecule has 2 aromatic carbocycles. The molecule has 2 rings (SSSR count). The van der Waals surface area contributed by atoms with E-state index in [1.165, 1.54) is 6.92 Å². The fourth-order valence-electron chi connectivity index (χ4n) is 2.23. The smallest absolute Gasteiger partial charge is 0.302 e. The van der Waals surface area contributed by atoms with Gasteiger partial charge in [-0.3, -0.25) is 4.79 Å². The molecule has 4 heteroatoms. The minimum absolute atomic E-state index is 0.238. The van der Waals surface area contributed by atoms with E-state index in [9.17, 15) is 9.59 Å². The van der Waals surface area contributed by atoms with E-state index in [1.807, 2.05) is 60.7 Å². The lowest BCUT2D eigenvalue weighted by molar-refractivity contribution is -0.140. The Labute approximate surface area is 120 Å². The molecule has 0 aromatic heterocycles. The molecule has 0 bridgehead atoms. The molecule has 0 atom stereocenters. The Morgan fingerprint density at radius 2 is 1.45 bits per heavy atom. The Balaban J connectivity index is 2.31. The molecule has 0 aliphatic heterocycles. The molecule has 0 saturated carbocycles. The highest BCUT2D eigenvalue weighted by molar-refractivity contribution is 6.96. The Kier molecular flexibility index (Phi) is 4.71. The van der Waals surface area contributed by atoms with Crippen molar-refractivity contribution in [3.8, 4) is 0 Å². The fourth-order valence-corrected chi connectivity index (χ4v) is 5.02. The van der Waals surface area contributed by atoms with Gasteiger partial charge in [0, 0.05) is 13.0 Å². The maximum Gasteiger partial charge on any atom is 0.302 e. The SMILES string of the molecule is CC(=O)OCC[Si](O)(c1ccccc1)c1ccccc1. The van der Waals surface area contributed by atoms with Crippen LogP contribution in [0, 0.1) is 0 Å². The van der Waals surface area contributed by atoms with E-state index in [4.69, 9.17) is 4.74 Å². The summed E-state index contributed by atoms with van der Waals surface area (Å²) >= 11 is 0. The number of carbonyl (C=O) groups excluding carboxylic acids is 1. The van der Waals surface area contributed by atoms with Crippen LogP contribution in [0.15, 0.2) is 60.7 Å². The number of ether oxygens (including phenoxy) is 1. The highest BCUT2D eigenvalue weighted by Crippen LogP contribution is 2.08. The van der Waals surface area contributed by atoms with Crippen molar-refractivity contribution in [2.75, 3.05) is 6.61 Å². The third kappa shape index (κ3) is 3.34. The van der Waals surface area contributed by atoms with Gasteiger partial charge in [0.1, 0.15) is 0 Å². The van der Waals surface area contributed by atoms with Crippen LogP contribution in [-0.4, -0.2) is 25.7 Å². The summed E-state index contributed by atoms with van der Waals surface area (Å²) in [6.07, 6.45) is 0. The minimum atomic E-state index is -2.85. The lowest BCUT2D eigenvalue weighted by atomic mass is 10.4. The Bertz CT molecular complexity index is 515.